The van der Waals surface area contributed by atoms with Gasteiger partial charge in [0.25, 0.3) is 0 Å². The smallest absolute Gasteiger partial charge is 0.237 e. The number of amides is 2. The monoisotopic (exact) mass is 385 g/mol. The van der Waals surface area contributed by atoms with Crippen molar-refractivity contribution in [3.63, 3.8) is 0 Å². The molecule has 4 rings (SSSR count). The minimum absolute atomic E-state index is 0.0493. The Morgan fingerprint density at radius 3 is 3.07 bits per heavy atom. The molecule has 0 unspecified atom stereocenters. The highest BCUT2D eigenvalue weighted by Crippen LogP contribution is 2.23. The number of aromatic nitrogens is 2. The van der Waals surface area contributed by atoms with Gasteiger partial charge in [-0.05, 0) is 37.3 Å². The number of hydrogen-bond donors (Lipinski definition) is 2. The van der Waals surface area contributed by atoms with E-state index in [1.165, 1.54) is 24.1 Å². The number of aromatic amines is 1. The molecule has 0 aromatic carbocycles. The van der Waals surface area contributed by atoms with E-state index in [0.29, 0.717) is 26.2 Å². The van der Waals surface area contributed by atoms with Gasteiger partial charge in [0.2, 0.25) is 11.8 Å². The molecule has 3 heterocycles. The van der Waals surface area contributed by atoms with Gasteiger partial charge in [-0.2, -0.15) is 5.10 Å². The number of hydrogen-bond acceptors (Lipinski definition) is 5. The summed E-state index contributed by atoms with van der Waals surface area (Å²) in [5.41, 5.74) is 4.43. The van der Waals surface area contributed by atoms with Crippen molar-refractivity contribution in [2.75, 3.05) is 20.1 Å². The van der Waals surface area contributed by atoms with Crippen LogP contribution in [-0.4, -0.2) is 58.0 Å². The highest BCUT2D eigenvalue weighted by Gasteiger charge is 2.33. The lowest BCUT2D eigenvalue weighted by Gasteiger charge is -2.35. The quantitative estimate of drug-likeness (QED) is 0.780. The van der Waals surface area contributed by atoms with Crippen LogP contribution in [0.3, 0.4) is 0 Å². The van der Waals surface area contributed by atoms with Gasteiger partial charge in [-0.3, -0.25) is 19.6 Å². The van der Waals surface area contributed by atoms with Crippen LogP contribution in [0.2, 0.25) is 0 Å². The van der Waals surface area contributed by atoms with Crippen LogP contribution in [-0.2, 0) is 35.5 Å². The standard InChI is InChI=1S/C20H27N5O3/c1-24(12-17-15-4-2-3-5-16(15)22-23-17)19(26)10-18-20(27)21-7-8-25(18)11-14-6-9-28-13-14/h6,9,13,18H,2-5,7-8,10-12H2,1H3,(H,21,27)(H,22,23)/t18-/m1/s1. The maximum absolute atomic E-state index is 12.9. The third kappa shape index (κ3) is 3.96. The van der Waals surface area contributed by atoms with Crippen molar-refractivity contribution in [2.45, 2.75) is 51.2 Å². The zero-order valence-corrected chi connectivity index (χ0v) is 16.2. The van der Waals surface area contributed by atoms with Crippen molar-refractivity contribution in [3.05, 3.63) is 41.1 Å². The molecule has 28 heavy (non-hydrogen) atoms. The number of rotatable bonds is 6. The van der Waals surface area contributed by atoms with E-state index in [1.54, 1.807) is 24.5 Å². The minimum atomic E-state index is -0.466. The molecule has 0 saturated carbocycles. The van der Waals surface area contributed by atoms with E-state index in [0.717, 1.165) is 24.1 Å². The molecule has 150 valence electrons. The number of aryl methyl sites for hydroxylation is 1. The average molecular weight is 385 g/mol. The van der Waals surface area contributed by atoms with E-state index in [-0.39, 0.29) is 18.2 Å². The Bertz CT molecular complexity index is 829. The molecule has 1 fully saturated rings. The topological polar surface area (TPSA) is 94.5 Å². The second kappa shape index (κ2) is 8.18. The molecular formula is C20H27N5O3. The van der Waals surface area contributed by atoms with Gasteiger partial charge in [0.05, 0.1) is 37.2 Å². The zero-order chi connectivity index (χ0) is 19.5. The summed E-state index contributed by atoms with van der Waals surface area (Å²) < 4.78 is 5.13. The maximum Gasteiger partial charge on any atom is 0.237 e. The van der Waals surface area contributed by atoms with Gasteiger partial charge < -0.3 is 14.6 Å². The van der Waals surface area contributed by atoms with E-state index in [9.17, 15) is 9.59 Å². The molecule has 1 aliphatic carbocycles. The highest BCUT2D eigenvalue weighted by atomic mass is 16.3. The Morgan fingerprint density at radius 2 is 2.25 bits per heavy atom. The van der Waals surface area contributed by atoms with Crippen LogP contribution >= 0.6 is 0 Å². The van der Waals surface area contributed by atoms with Crippen LogP contribution in [0.15, 0.2) is 23.0 Å². The van der Waals surface area contributed by atoms with Gasteiger partial charge in [-0.15, -0.1) is 0 Å². The Labute approximate surface area is 164 Å². The number of carbonyl (C=O) groups excluding carboxylic acids is 2. The number of nitrogens with zero attached hydrogens (tertiary/aromatic N) is 3. The summed E-state index contributed by atoms with van der Waals surface area (Å²) >= 11 is 0. The second-order valence-electron chi connectivity index (χ2n) is 7.70. The fourth-order valence-corrected chi connectivity index (χ4v) is 4.10. The van der Waals surface area contributed by atoms with Gasteiger partial charge in [-0.25, -0.2) is 0 Å². The number of fused-ring (bicyclic) bond motifs is 1. The molecule has 1 aliphatic heterocycles. The lowest BCUT2D eigenvalue weighted by Crippen LogP contribution is -2.56. The summed E-state index contributed by atoms with van der Waals surface area (Å²) in [5.74, 6) is -0.138. The van der Waals surface area contributed by atoms with Crippen LogP contribution in [0.5, 0.6) is 0 Å². The van der Waals surface area contributed by atoms with Crippen molar-refractivity contribution in [1.82, 2.24) is 25.3 Å². The van der Waals surface area contributed by atoms with E-state index < -0.39 is 6.04 Å². The molecule has 1 saturated heterocycles. The van der Waals surface area contributed by atoms with Crippen molar-refractivity contribution in [1.29, 1.82) is 0 Å². The van der Waals surface area contributed by atoms with Crippen molar-refractivity contribution in [3.8, 4) is 0 Å². The average Bonchev–Trinajstić information content (AvgIpc) is 3.35. The van der Waals surface area contributed by atoms with Crippen LogP contribution in [0.1, 0.15) is 41.8 Å². The molecule has 0 bridgehead atoms. The molecule has 1 atom stereocenters. The van der Waals surface area contributed by atoms with Gasteiger partial charge >= 0.3 is 0 Å². The summed E-state index contributed by atoms with van der Waals surface area (Å²) in [5, 5.41) is 10.4. The van der Waals surface area contributed by atoms with Gasteiger partial charge in [0.1, 0.15) is 0 Å². The first-order valence-electron chi connectivity index (χ1n) is 9.93. The zero-order valence-electron chi connectivity index (χ0n) is 16.2. The van der Waals surface area contributed by atoms with Crippen molar-refractivity contribution in [2.24, 2.45) is 0 Å². The van der Waals surface area contributed by atoms with Crippen molar-refractivity contribution < 1.29 is 14.0 Å². The molecule has 0 spiro atoms. The molecular weight excluding hydrogens is 358 g/mol. The van der Waals surface area contributed by atoms with E-state index in [2.05, 4.69) is 15.5 Å². The molecule has 2 aromatic rings. The van der Waals surface area contributed by atoms with Crippen LogP contribution in [0.4, 0.5) is 0 Å². The fraction of sp³-hybridized carbons (Fsp3) is 0.550. The van der Waals surface area contributed by atoms with Gasteiger partial charge in [0.15, 0.2) is 0 Å². The summed E-state index contributed by atoms with van der Waals surface area (Å²) in [7, 11) is 1.79. The first-order valence-corrected chi connectivity index (χ1v) is 9.93. The summed E-state index contributed by atoms with van der Waals surface area (Å²) in [4.78, 5) is 29.0. The Balaban J connectivity index is 1.40. The lowest BCUT2D eigenvalue weighted by atomic mass is 9.96. The maximum atomic E-state index is 12.9. The number of H-pyrrole nitrogens is 1. The molecule has 2 aromatic heterocycles. The Morgan fingerprint density at radius 1 is 1.39 bits per heavy atom. The van der Waals surface area contributed by atoms with Crippen LogP contribution < -0.4 is 5.32 Å². The molecule has 2 aliphatic rings. The summed E-state index contributed by atoms with van der Waals surface area (Å²) in [6.45, 7) is 2.38. The third-order valence-electron chi connectivity index (χ3n) is 5.73. The third-order valence-corrected chi connectivity index (χ3v) is 5.73. The van der Waals surface area contributed by atoms with E-state index >= 15 is 0 Å². The van der Waals surface area contributed by atoms with Crippen molar-refractivity contribution >= 4 is 11.8 Å². The highest BCUT2D eigenvalue weighted by molar-refractivity contribution is 5.88. The summed E-state index contributed by atoms with van der Waals surface area (Å²) in [6.07, 6.45) is 7.87. The SMILES string of the molecule is CN(Cc1n[nH]c2c1CCCC2)C(=O)C[C@@H]1C(=O)NCCN1Cc1ccoc1. The van der Waals surface area contributed by atoms with Crippen LogP contribution in [0.25, 0.3) is 0 Å². The number of nitrogens with one attached hydrogen (secondary N) is 2. The molecule has 2 amide bonds. The fourth-order valence-electron chi connectivity index (χ4n) is 4.10. The molecule has 2 N–H and O–H groups in total. The molecule has 8 nitrogen and oxygen atoms in total. The van der Waals surface area contributed by atoms with Gasteiger partial charge in [-0.1, -0.05) is 0 Å². The van der Waals surface area contributed by atoms with E-state index in [4.69, 9.17) is 4.42 Å². The number of furan rings is 1. The Hall–Kier alpha value is -2.61. The predicted molar refractivity (Wildman–Crippen MR) is 102 cm³/mol. The number of piperazine rings is 1. The first-order chi connectivity index (χ1) is 13.6. The first kappa shape index (κ1) is 18.7. The largest absolute Gasteiger partial charge is 0.472 e. The molecule has 0 radical (unpaired) electrons. The Kier molecular flexibility index (Phi) is 5.47. The number of carbonyl (C=O) groups is 2. The predicted octanol–water partition coefficient (Wildman–Crippen LogP) is 1.23. The van der Waals surface area contributed by atoms with E-state index in [1.807, 2.05) is 11.0 Å². The minimum Gasteiger partial charge on any atom is -0.472 e. The van der Waals surface area contributed by atoms with Gasteiger partial charge in [0, 0.05) is 37.9 Å². The van der Waals surface area contributed by atoms with Crippen LogP contribution in [0, 0.1) is 0 Å². The second-order valence-corrected chi connectivity index (χ2v) is 7.70. The normalized spacial score (nSPS) is 19.9. The summed E-state index contributed by atoms with van der Waals surface area (Å²) in [6, 6.07) is 1.42. The molecule has 8 heteroatoms. The lowest BCUT2D eigenvalue weighted by molar-refractivity contribution is -0.138.